The molecule has 0 aliphatic carbocycles. The summed E-state index contributed by atoms with van der Waals surface area (Å²) in [5.41, 5.74) is 3.85. The molecular weight excluding hydrogens is 536 g/mol. The quantitative estimate of drug-likeness (QED) is 0.208. The van der Waals surface area contributed by atoms with Crippen molar-refractivity contribution in [2.24, 2.45) is 0 Å². The number of aliphatic hydroxyl groups is 2. The Labute approximate surface area is 223 Å². The van der Waals surface area contributed by atoms with Crippen molar-refractivity contribution in [3.63, 3.8) is 0 Å². The number of halogens is 1. The first-order chi connectivity index (χ1) is 18.3. The van der Waals surface area contributed by atoms with Crippen LogP contribution in [0.4, 0.5) is 10.2 Å². The van der Waals surface area contributed by atoms with E-state index in [1.54, 1.807) is 32.0 Å². The molecule has 1 aliphatic rings. The SMILES string of the molecule is CC(C)OC(=O)[C@H](C)NP(=O)(OC[C@H]1O[C@@H](n2cc(F)c3c(N)ncnc32)[C@](C)(O)C1O)Oc1ccccc1. The molecule has 4 rings (SSSR count). The zero-order valence-electron chi connectivity index (χ0n) is 21.7. The van der Waals surface area contributed by atoms with Crippen molar-refractivity contribution in [2.75, 3.05) is 12.3 Å². The number of nitrogen functional groups attached to an aromatic ring is 1. The van der Waals surface area contributed by atoms with Gasteiger partial charge in [-0.2, -0.15) is 5.09 Å². The van der Waals surface area contributed by atoms with Gasteiger partial charge in [0.1, 0.15) is 41.7 Å². The van der Waals surface area contributed by atoms with Crippen LogP contribution in [0.25, 0.3) is 11.0 Å². The normalized spacial score (nSPS) is 25.5. The number of hydrogen-bond acceptors (Lipinski definition) is 11. The molecule has 1 fully saturated rings. The minimum absolute atomic E-state index is 0.0382. The molecule has 1 aliphatic heterocycles. The minimum Gasteiger partial charge on any atom is -0.462 e. The third-order valence-corrected chi connectivity index (χ3v) is 7.68. The van der Waals surface area contributed by atoms with Gasteiger partial charge in [0.15, 0.2) is 17.7 Å². The highest BCUT2D eigenvalue weighted by Gasteiger charge is 2.54. The van der Waals surface area contributed by atoms with Gasteiger partial charge in [0, 0.05) is 6.20 Å². The maximum absolute atomic E-state index is 14.6. The van der Waals surface area contributed by atoms with Crippen LogP contribution in [0.5, 0.6) is 5.75 Å². The van der Waals surface area contributed by atoms with Gasteiger partial charge < -0.3 is 29.9 Å². The Hall–Kier alpha value is -3.13. The summed E-state index contributed by atoms with van der Waals surface area (Å²) in [6, 6.07) is 7.01. The van der Waals surface area contributed by atoms with Crippen LogP contribution in [-0.4, -0.2) is 67.3 Å². The number of carbonyl (C=O) groups is 1. The van der Waals surface area contributed by atoms with E-state index >= 15 is 0 Å². The molecule has 3 aromatic rings. The molecule has 1 saturated heterocycles. The number of fused-ring (bicyclic) bond motifs is 1. The third-order valence-electron chi connectivity index (χ3n) is 6.03. The molecule has 2 aromatic heterocycles. The number of nitrogens with one attached hydrogen (secondary N) is 1. The van der Waals surface area contributed by atoms with E-state index in [1.807, 2.05) is 0 Å². The van der Waals surface area contributed by atoms with Crippen LogP contribution in [-0.2, 0) is 23.4 Å². The number of nitrogens with zero attached hydrogens (tertiary/aromatic N) is 3. The van der Waals surface area contributed by atoms with Crippen LogP contribution in [0, 0.1) is 5.82 Å². The lowest BCUT2D eigenvalue weighted by Gasteiger charge is -2.27. The van der Waals surface area contributed by atoms with Gasteiger partial charge in [-0.25, -0.2) is 18.9 Å². The molecule has 3 heterocycles. The summed E-state index contributed by atoms with van der Waals surface area (Å²) in [6.45, 7) is 5.51. The van der Waals surface area contributed by atoms with E-state index in [9.17, 15) is 24.0 Å². The first-order valence-corrected chi connectivity index (χ1v) is 13.7. The highest BCUT2D eigenvalue weighted by atomic mass is 31.2. The topological polar surface area (TPSA) is 180 Å². The van der Waals surface area contributed by atoms with Gasteiger partial charge >= 0.3 is 13.7 Å². The van der Waals surface area contributed by atoms with Crippen molar-refractivity contribution in [1.29, 1.82) is 0 Å². The number of rotatable bonds is 10. The molecule has 39 heavy (non-hydrogen) atoms. The van der Waals surface area contributed by atoms with Crippen LogP contribution >= 0.6 is 7.75 Å². The second-order valence-corrected chi connectivity index (χ2v) is 11.3. The summed E-state index contributed by atoms with van der Waals surface area (Å²) in [5, 5.41) is 24.5. The van der Waals surface area contributed by atoms with E-state index in [1.165, 1.54) is 30.5 Å². The smallest absolute Gasteiger partial charge is 0.459 e. The Morgan fingerprint density at radius 3 is 2.67 bits per heavy atom. The van der Waals surface area contributed by atoms with Gasteiger partial charge in [-0.3, -0.25) is 13.9 Å². The van der Waals surface area contributed by atoms with Crippen molar-refractivity contribution in [1.82, 2.24) is 19.6 Å². The third kappa shape index (κ3) is 6.06. The molecule has 2 unspecified atom stereocenters. The Balaban J connectivity index is 1.56. The number of nitrogens with two attached hydrogens (primary N) is 1. The molecule has 0 amide bonds. The highest BCUT2D eigenvalue weighted by molar-refractivity contribution is 7.52. The van der Waals surface area contributed by atoms with E-state index in [4.69, 9.17) is 24.3 Å². The fourth-order valence-corrected chi connectivity index (χ4v) is 5.63. The van der Waals surface area contributed by atoms with Gasteiger partial charge in [-0.1, -0.05) is 18.2 Å². The second-order valence-electron chi connectivity index (χ2n) is 9.57. The van der Waals surface area contributed by atoms with Crippen molar-refractivity contribution >= 4 is 30.6 Å². The van der Waals surface area contributed by atoms with Crippen LogP contribution in [0.1, 0.15) is 33.9 Å². The lowest BCUT2D eigenvalue weighted by molar-refractivity contribution is -0.149. The predicted octanol–water partition coefficient (Wildman–Crippen LogP) is 2.30. The average molecular weight is 568 g/mol. The van der Waals surface area contributed by atoms with Crippen molar-refractivity contribution < 1.29 is 42.5 Å². The molecule has 15 heteroatoms. The molecule has 1 aromatic carbocycles. The Morgan fingerprint density at radius 2 is 2.00 bits per heavy atom. The molecule has 13 nitrogen and oxygen atoms in total. The summed E-state index contributed by atoms with van der Waals surface area (Å²) in [7, 11) is -4.28. The number of benzene rings is 1. The van der Waals surface area contributed by atoms with Crippen molar-refractivity contribution in [2.45, 2.75) is 63.9 Å². The zero-order valence-corrected chi connectivity index (χ0v) is 22.6. The molecule has 6 atom stereocenters. The lowest BCUT2D eigenvalue weighted by Crippen LogP contribution is -2.44. The van der Waals surface area contributed by atoms with Crippen LogP contribution in [0.15, 0.2) is 42.9 Å². The lowest BCUT2D eigenvalue weighted by atomic mass is 9.96. The maximum atomic E-state index is 14.6. The molecule has 0 saturated carbocycles. The number of ether oxygens (including phenoxy) is 2. The van der Waals surface area contributed by atoms with Gasteiger partial charge in [0.05, 0.1) is 18.1 Å². The molecule has 0 radical (unpaired) electrons. The van der Waals surface area contributed by atoms with E-state index in [0.29, 0.717) is 0 Å². The van der Waals surface area contributed by atoms with Crippen molar-refractivity contribution in [3.8, 4) is 5.75 Å². The molecular formula is C24H31FN5O8P. The fraction of sp³-hybridized carbons (Fsp3) is 0.458. The molecule has 0 spiro atoms. The van der Waals surface area contributed by atoms with Gasteiger partial charge in [-0.15, -0.1) is 0 Å². The van der Waals surface area contributed by atoms with E-state index in [0.717, 1.165) is 12.5 Å². The van der Waals surface area contributed by atoms with Crippen LogP contribution in [0.3, 0.4) is 0 Å². The Kier molecular flexibility index (Phi) is 8.26. The van der Waals surface area contributed by atoms with Gasteiger partial charge in [0.25, 0.3) is 0 Å². The number of hydrogen-bond donors (Lipinski definition) is 4. The second kappa shape index (κ2) is 11.2. The van der Waals surface area contributed by atoms with Crippen LogP contribution in [0.2, 0.25) is 0 Å². The monoisotopic (exact) mass is 567 g/mol. The number of aliphatic hydroxyl groups excluding tert-OH is 1. The van der Waals surface area contributed by atoms with E-state index in [-0.39, 0.29) is 22.6 Å². The summed E-state index contributed by atoms with van der Waals surface area (Å²) >= 11 is 0. The van der Waals surface area contributed by atoms with Gasteiger partial charge in [0.2, 0.25) is 0 Å². The first kappa shape index (κ1) is 28.9. The van der Waals surface area contributed by atoms with E-state index in [2.05, 4.69) is 15.1 Å². The largest absolute Gasteiger partial charge is 0.462 e. The standard InChI is InChI=1S/C24H31FN5O8P/c1-13(2)36-22(32)14(3)29-39(34,38-15-8-6-5-7-9-15)35-11-17-19(31)24(4,33)23(37-17)30-10-16(25)18-20(26)27-12-28-21(18)30/h5-10,12-14,17,19,23,31,33H,11H2,1-4H3,(H,29,34)(H2,26,27,28)/t14-,17+,19?,23+,24+,39?/m0/s1. The summed E-state index contributed by atoms with van der Waals surface area (Å²) in [6.07, 6.45) is -2.41. The summed E-state index contributed by atoms with van der Waals surface area (Å²) < 4.78 is 51.8. The fourth-order valence-electron chi connectivity index (χ4n) is 4.12. The number of carbonyl (C=O) groups excluding carboxylic acids is 1. The zero-order chi connectivity index (χ0) is 28.5. The number of para-hydroxylation sites is 1. The number of aromatic nitrogens is 3. The Bertz CT molecular complexity index is 1370. The summed E-state index contributed by atoms with van der Waals surface area (Å²) in [5.74, 6) is -1.36. The Morgan fingerprint density at radius 1 is 1.31 bits per heavy atom. The number of anilines is 1. The molecule has 0 bridgehead atoms. The first-order valence-electron chi connectivity index (χ1n) is 12.1. The highest BCUT2D eigenvalue weighted by Crippen LogP contribution is 2.47. The number of esters is 1. The van der Waals surface area contributed by atoms with Gasteiger partial charge in [-0.05, 0) is 39.8 Å². The minimum atomic E-state index is -4.28. The average Bonchev–Trinajstić information content (AvgIpc) is 3.31. The van der Waals surface area contributed by atoms with Crippen molar-refractivity contribution in [3.05, 3.63) is 48.7 Å². The summed E-state index contributed by atoms with van der Waals surface area (Å²) in [4.78, 5) is 20.2. The van der Waals surface area contributed by atoms with E-state index < -0.39 is 62.3 Å². The molecule has 212 valence electrons. The van der Waals surface area contributed by atoms with Crippen LogP contribution < -0.4 is 15.3 Å². The predicted molar refractivity (Wildman–Crippen MR) is 137 cm³/mol. The maximum Gasteiger partial charge on any atom is 0.459 e. The molecule has 5 N–H and O–H groups in total.